The Bertz CT molecular complexity index is 307. The molecule has 0 aliphatic carbocycles. The van der Waals surface area contributed by atoms with Crippen LogP contribution in [-0.2, 0) is 17.8 Å². The molecule has 4 nitrogen and oxygen atoms in total. The van der Waals surface area contributed by atoms with Crippen LogP contribution in [0.2, 0.25) is 0 Å². The molecule has 4 heteroatoms. The largest absolute Gasteiger partial charge is 0.465 e. The van der Waals surface area contributed by atoms with Crippen LogP contribution in [0.1, 0.15) is 25.4 Å². The van der Waals surface area contributed by atoms with Crippen molar-refractivity contribution in [2.45, 2.75) is 26.8 Å². The number of furan rings is 1. The third kappa shape index (κ3) is 4.65. The van der Waals surface area contributed by atoms with E-state index in [2.05, 4.69) is 17.6 Å². The molecule has 0 aliphatic rings. The number of hydrogen-bond acceptors (Lipinski definition) is 3. The predicted molar refractivity (Wildman–Crippen MR) is 58.5 cm³/mol. The summed E-state index contributed by atoms with van der Waals surface area (Å²) in [5.41, 5.74) is 0. The molecule has 0 aliphatic heterocycles. The Morgan fingerprint density at radius 2 is 2.07 bits per heavy atom. The molecule has 2 N–H and O–H groups in total. The zero-order valence-electron chi connectivity index (χ0n) is 9.30. The van der Waals surface area contributed by atoms with Gasteiger partial charge in [-0.1, -0.05) is 6.92 Å². The zero-order valence-corrected chi connectivity index (χ0v) is 9.30. The SMILES string of the molecule is CCc1ccc(CNCCNC(C)=O)o1. The van der Waals surface area contributed by atoms with Gasteiger partial charge in [0.1, 0.15) is 11.5 Å². The lowest BCUT2D eigenvalue weighted by molar-refractivity contribution is -0.118. The summed E-state index contributed by atoms with van der Waals surface area (Å²) >= 11 is 0. The van der Waals surface area contributed by atoms with Crippen molar-refractivity contribution in [2.75, 3.05) is 13.1 Å². The molecule has 0 atom stereocenters. The van der Waals surface area contributed by atoms with Gasteiger partial charge in [-0.3, -0.25) is 4.79 Å². The van der Waals surface area contributed by atoms with E-state index in [0.29, 0.717) is 13.1 Å². The van der Waals surface area contributed by atoms with Crippen LogP contribution in [0.5, 0.6) is 0 Å². The number of hydrogen-bond donors (Lipinski definition) is 2. The Hall–Kier alpha value is -1.29. The van der Waals surface area contributed by atoms with Crippen molar-refractivity contribution in [3.05, 3.63) is 23.7 Å². The van der Waals surface area contributed by atoms with Crippen LogP contribution in [0, 0.1) is 0 Å². The van der Waals surface area contributed by atoms with Crippen LogP contribution in [0.25, 0.3) is 0 Å². The third-order valence-corrected chi connectivity index (χ3v) is 2.04. The molecule has 1 aromatic rings. The maximum atomic E-state index is 10.6. The van der Waals surface area contributed by atoms with Crippen LogP contribution in [-0.4, -0.2) is 19.0 Å². The van der Waals surface area contributed by atoms with Gasteiger partial charge in [0, 0.05) is 26.4 Å². The molecule has 0 saturated heterocycles. The van der Waals surface area contributed by atoms with Crippen LogP contribution in [0.3, 0.4) is 0 Å². The Morgan fingerprint density at radius 3 is 2.67 bits per heavy atom. The van der Waals surface area contributed by atoms with E-state index in [4.69, 9.17) is 4.42 Å². The number of nitrogens with one attached hydrogen (secondary N) is 2. The molecule has 1 aromatic heterocycles. The number of carbonyl (C=O) groups is 1. The van der Waals surface area contributed by atoms with E-state index >= 15 is 0 Å². The maximum Gasteiger partial charge on any atom is 0.216 e. The molecule has 1 rings (SSSR count). The summed E-state index contributed by atoms with van der Waals surface area (Å²) in [7, 11) is 0. The first-order valence-corrected chi connectivity index (χ1v) is 5.25. The van der Waals surface area contributed by atoms with Crippen molar-refractivity contribution in [3.8, 4) is 0 Å². The van der Waals surface area contributed by atoms with Crippen LogP contribution in [0.15, 0.2) is 16.5 Å². The van der Waals surface area contributed by atoms with Gasteiger partial charge in [-0.05, 0) is 12.1 Å². The summed E-state index contributed by atoms with van der Waals surface area (Å²) < 4.78 is 5.51. The molecular weight excluding hydrogens is 192 g/mol. The second-order valence-corrected chi connectivity index (χ2v) is 3.38. The van der Waals surface area contributed by atoms with Crippen molar-refractivity contribution in [1.29, 1.82) is 0 Å². The van der Waals surface area contributed by atoms with Crippen molar-refractivity contribution in [2.24, 2.45) is 0 Å². The topological polar surface area (TPSA) is 54.3 Å². The Morgan fingerprint density at radius 1 is 1.33 bits per heavy atom. The van der Waals surface area contributed by atoms with E-state index in [1.807, 2.05) is 12.1 Å². The van der Waals surface area contributed by atoms with Crippen LogP contribution in [0.4, 0.5) is 0 Å². The van der Waals surface area contributed by atoms with Gasteiger partial charge >= 0.3 is 0 Å². The summed E-state index contributed by atoms with van der Waals surface area (Å²) in [5, 5.41) is 5.90. The molecule has 84 valence electrons. The monoisotopic (exact) mass is 210 g/mol. The summed E-state index contributed by atoms with van der Waals surface area (Å²) in [5.74, 6) is 1.95. The van der Waals surface area contributed by atoms with Crippen molar-refractivity contribution >= 4 is 5.91 Å². The molecule has 0 fully saturated rings. The lowest BCUT2D eigenvalue weighted by Gasteiger charge is -2.03. The minimum Gasteiger partial charge on any atom is -0.465 e. The third-order valence-electron chi connectivity index (χ3n) is 2.04. The average molecular weight is 210 g/mol. The van der Waals surface area contributed by atoms with E-state index in [0.717, 1.165) is 24.5 Å². The van der Waals surface area contributed by atoms with Gasteiger partial charge in [0.05, 0.1) is 6.54 Å². The molecule has 1 amide bonds. The number of carbonyl (C=O) groups excluding carboxylic acids is 1. The van der Waals surface area contributed by atoms with E-state index in [-0.39, 0.29) is 5.91 Å². The van der Waals surface area contributed by atoms with Gasteiger partial charge in [0.15, 0.2) is 0 Å². The Labute approximate surface area is 90.0 Å². The maximum absolute atomic E-state index is 10.6. The summed E-state index contributed by atoms with van der Waals surface area (Å²) in [4.78, 5) is 10.6. The highest BCUT2D eigenvalue weighted by Gasteiger charge is 1.99. The van der Waals surface area contributed by atoms with Crippen LogP contribution < -0.4 is 10.6 Å². The van der Waals surface area contributed by atoms with E-state index in [1.54, 1.807) is 0 Å². The predicted octanol–water partition coefficient (Wildman–Crippen LogP) is 1.07. The molecule has 0 bridgehead atoms. The van der Waals surface area contributed by atoms with E-state index in [1.165, 1.54) is 6.92 Å². The smallest absolute Gasteiger partial charge is 0.216 e. The van der Waals surface area contributed by atoms with Gasteiger partial charge < -0.3 is 15.1 Å². The van der Waals surface area contributed by atoms with Gasteiger partial charge in [-0.2, -0.15) is 0 Å². The zero-order chi connectivity index (χ0) is 11.1. The minimum absolute atomic E-state index is 0.00284. The fraction of sp³-hybridized carbons (Fsp3) is 0.545. The highest BCUT2D eigenvalue weighted by atomic mass is 16.3. The molecule has 15 heavy (non-hydrogen) atoms. The minimum atomic E-state index is 0.00284. The standard InChI is InChI=1S/C11H18N2O2/c1-3-10-4-5-11(15-10)8-12-6-7-13-9(2)14/h4-5,12H,3,6-8H2,1-2H3,(H,13,14). The van der Waals surface area contributed by atoms with Crippen LogP contribution >= 0.6 is 0 Å². The number of aryl methyl sites for hydroxylation is 1. The first-order valence-electron chi connectivity index (χ1n) is 5.25. The Balaban J connectivity index is 2.12. The summed E-state index contributed by atoms with van der Waals surface area (Å²) in [6, 6.07) is 3.97. The highest BCUT2D eigenvalue weighted by molar-refractivity contribution is 5.72. The molecule has 0 aromatic carbocycles. The molecule has 1 heterocycles. The summed E-state index contributed by atoms with van der Waals surface area (Å²) in [6.07, 6.45) is 0.923. The average Bonchev–Trinajstić information content (AvgIpc) is 2.65. The van der Waals surface area contributed by atoms with Gasteiger partial charge in [0.2, 0.25) is 5.91 Å². The molecular formula is C11H18N2O2. The second-order valence-electron chi connectivity index (χ2n) is 3.38. The number of rotatable bonds is 6. The number of amides is 1. The van der Waals surface area contributed by atoms with E-state index < -0.39 is 0 Å². The first-order chi connectivity index (χ1) is 7.22. The summed E-state index contributed by atoms with van der Waals surface area (Å²) in [6.45, 7) is 5.69. The second kappa shape index (κ2) is 6.24. The fourth-order valence-electron chi connectivity index (χ4n) is 1.25. The van der Waals surface area contributed by atoms with Crippen molar-refractivity contribution < 1.29 is 9.21 Å². The van der Waals surface area contributed by atoms with Crippen molar-refractivity contribution in [1.82, 2.24) is 10.6 Å². The normalized spacial score (nSPS) is 10.3. The lowest BCUT2D eigenvalue weighted by Crippen LogP contribution is -2.29. The fourth-order valence-corrected chi connectivity index (χ4v) is 1.25. The molecule has 0 radical (unpaired) electrons. The lowest BCUT2D eigenvalue weighted by atomic mass is 10.3. The Kier molecular flexibility index (Phi) is 4.90. The quantitative estimate of drug-likeness (QED) is 0.690. The van der Waals surface area contributed by atoms with Gasteiger partial charge in [0.25, 0.3) is 0 Å². The van der Waals surface area contributed by atoms with Gasteiger partial charge in [-0.15, -0.1) is 0 Å². The molecule has 0 spiro atoms. The highest BCUT2D eigenvalue weighted by Crippen LogP contribution is 2.07. The van der Waals surface area contributed by atoms with E-state index in [9.17, 15) is 4.79 Å². The molecule has 0 unspecified atom stereocenters. The van der Waals surface area contributed by atoms with Crippen molar-refractivity contribution in [3.63, 3.8) is 0 Å². The first kappa shape index (κ1) is 11.8. The molecule has 0 saturated carbocycles. The van der Waals surface area contributed by atoms with Gasteiger partial charge in [-0.25, -0.2) is 0 Å².